The van der Waals surface area contributed by atoms with Crippen molar-refractivity contribution in [2.24, 2.45) is 5.92 Å². The van der Waals surface area contributed by atoms with Crippen LogP contribution in [0.2, 0.25) is 0 Å². The van der Waals surface area contributed by atoms with Gasteiger partial charge in [0.05, 0.1) is 0 Å². The molecule has 0 N–H and O–H groups in total. The molecule has 0 unspecified atom stereocenters. The molecule has 0 atom stereocenters. The van der Waals surface area contributed by atoms with E-state index in [2.05, 4.69) is 38.7 Å². The van der Waals surface area contributed by atoms with Crippen LogP contribution >= 0.6 is 0 Å². The van der Waals surface area contributed by atoms with Gasteiger partial charge in [0, 0.05) is 18.3 Å². The predicted molar refractivity (Wildman–Crippen MR) is 70.3 cm³/mol. The first kappa shape index (κ1) is 11.8. The van der Waals surface area contributed by atoms with Crippen molar-refractivity contribution in [3.63, 3.8) is 0 Å². The molecular weight excluding hydrogens is 194 g/mol. The topological polar surface area (TPSA) is 3.24 Å². The van der Waals surface area contributed by atoms with Crippen LogP contribution in [0.5, 0.6) is 0 Å². The number of allylic oxidation sites excluding steroid dienone is 3. The van der Waals surface area contributed by atoms with Crippen molar-refractivity contribution in [1.29, 1.82) is 0 Å². The summed E-state index contributed by atoms with van der Waals surface area (Å²) >= 11 is 0. The van der Waals surface area contributed by atoms with Gasteiger partial charge in [-0.3, -0.25) is 0 Å². The molecule has 1 heteroatoms. The predicted octanol–water partition coefficient (Wildman–Crippen LogP) is 4.12. The van der Waals surface area contributed by atoms with Crippen LogP contribution in [-0.2, 0) is 0 Å². The second kappa shape index (κ2) is 4.65. The SMILES string of the molecule is CC(C)C1=CC2=C(CCCN2C(C)C)CC1. The molecule has 0 radical (unpaired) electrons. The molecule has 0 aromatic rings. The molecule has 0 saturated heterocycles. The number of hydrogen-bond donors (Lipinski definition) is 0. The maximum Gasteiger partial charge on any atom is 0.0360 e. The highest BCUT2D eigenvalue weighted by Crippen LogP contribution is 2.35. The molecule has 0 amide bonds. The molecule has 90 valence electrons. The minimum Gasteiger partial charge on any atom is -0.369 e. The molecular formula is C15H25N. The van der Waals surface area contributed by atoms with Crippen LogP contribution in [-0.4, -0.2) is 17.5 Å². The normalized spacial score (nSPS) is 21.6. The fourth-order valence-corrected chi connectivity index (χ4v) is 2.89. The van der Waals surface area contributed by atoms with Gasteiger partial charge in [-0.1, -0.05) is 19.4 Å². The average molecular weight is 219 g/mol. The third-order valence-corrected chi connectivity index (χ3v) is 3.95. The summed E-state index contributed by atoms with van der Waals surface area (Å²) in [6.45, 7) is 10.5. The highest BCUT2D eigenvalue weighted by atomic mass is 15.2. The number of nitrogens with zero attached hydrogens (tertiary/aromatic N) is 1. The van der Waals surface area contributed by atoms with E-state index in [0.29, 0.717) is 12.0 Å². The van der Waals surface area contributed by atoms with E-state index in [1.807, 2.05) is 0 Å². The van der Waals surface area contributed by atoms with E-state index in [-0.39, 0.29) is 0 Å². The smallest absolute Gasteiger partial charge is 0.0360 e. The third-order valence-electron chi connectivity index (χ3n) is 3.95. The molecule has 0 fully saturated rings. The van der Waals surface area contributed by atoms with Crippen LogP contribution in [0.25, 0.3) is 0 Å². The maximum atomic E-state index is 2.60. The molecule has 1 nitrogen and oxygen atoms in total. The Morgan fingerprint density at radius 3 is 2.44 bits per heavy atom. The molecule has 0 aromatic carbocycles. The Bertz CT molecular complexity index is 320. The molecule has 1 heterocycles. The lowest BCUT2D eigenvalue weighted by molar-refractivity contribution is 0.266. The summed E-state index contributed by atoms with van der Waals surface area (Å²) in [6.07, 6.45) is 7.77. The van der Waals surface area contributed by atoms with Crippen LogP contribution in [0.1, 0.15) is 53.4 Å². The first-order valence-electron chi connectivity index (χ1n) is 6.78. The van der Waals surface area contributed by atoms with Crippen LogP contribution in [0.3, 0.4) is 0 Å². The largest absolute Gasteiger partial charge is 0.369 e. The van der Waals surface area contributed by atoms with Gasteiger partial charge in [-0.2, -0.15) is 0 Å². The van der Waals surface area contributed by atoms with Crippen molar-refractivity contribution in [3.05, 3.63) is 22.9 Å². The maximum absolute atomic E-state index is 2.60. The van der Waals surface area contributed by atoms with E-state index in [0.717, 1.165) is 0 Å². The molecule has 0 saturated carbocycles. The Balaban J connectivity index is 2.29. The molecule has 16 heavy (non-hydrogen) atoms. The van der Waals surface area contributed by atoms with E-state index in [9.17, 15) is 0 Å². The molecule has 1 aliphatic carbocycles. The van der Waals surface area contributed by atoms with Crippen molar-refractivity contribution >= 4 is 0 Å². The van der Waals surface area contributed by atoms with Crippen LogP contribution in [0, 0.1) is 5.92 Å². The Morgan fingerprint density at radius 2 is 1.81 bits per heavy atom. The fourth-order valence-electron chi connectivity index (χ4n) is 2.89. The fraction of sp³-hybridized carbons (Fsp3) is 0.733. The average Bonchev–Trinajstić information content (AvgIpc) is 2.27. The van der Waals surface area contributed by atoms with Crippen molar-refractivity contribution in [1.82, 2.24) is 4.90 Å². The standard InChI is InChI=1S/C15H25N/c1-11(2)14-8-7-13-6-5-9-16(12(3)4)15(13)10-14/h10-12H,5-9H2,1-4H3. The second-order valence-electron chi connectivity index (χ2n) is 5.75. The second-order valence-corrected chi connectivity index (χ2v) is 5.75. The quantitative estimate of drug-likeness (QED) is 0.675. The van der Waals surface area contributed by atoms with Crippen LogP contribution in [0.15, 0.2) is 22.9 Å². The summed E-state index contributed by atoms with van der Waals surface area (Å²) in [5.41, 5.74) is 4.92. The van der Waals surface area contributed by atoms with Crippen molar-refractivity contribution < 1.29 is 0 Å². The van der Waals surface area contributed by atoms with Crippen LogP contribution < -0.4 is 0 Å². The lowest BCUT2D eigenvalue weighted by atomic mass is 9.85. The van der Waals surface area contributed by atoms with E-state index >= 15 is 0 Å². The zero-order valence-corrected chi connectivity index (χ0v) is 11.2. The highest BCUT2D eigenvalue weighted by Gasteiger charge is 2.24. The van der Waals surface area contributed by atoms with Gasteiger partial charge < -0.3 is 4.90 Å². The summed E-state index contributed by atoms with van der Waals surface area (Å²) < 4.78 is 0. The number of hydrogen-bond acceptors (Lipinski definition) is 1. The van der Waals surface area contributed by atoms with Gasteiger partial charge in [0.2, 0.25) is 0 Å². The van der Waals surface area contributed by atoms with Gasteiger partial charge in [-0.05, 0) is 57.1 Å². The van der Waals surface area contributed by atoms with E-state index in [1.54, 1.807) is 16.8 Å². The van der Waals surface area contributed by atoms with Gasteiger partial charge >= 0.3 is 0 Å². The summed E-state index contributed by atoms with van der Waals surface area (Å²) in [7, 11) is 0. The minimum absolute atomic E-state index is 0.646. The summed E-state index contributed by atoms with van der Waals surface area (Å²) in [5.74, 6) is 0.713. The number of rotatable bonds is 2. The van der Waals surface area contributed by atoms with Gasteiger partial charge in [0.25, 0.3) is 0 Å². The lowest BCUT2D eigenvalue weighted by Crippen LogP contribution is -2.35. The highest BCUT2D eigenvalue weighted by molar-refractivity contribution is 5.35. The molecule has 2 rings (SSSR count). The van der Waals surface area contributed by atoms with Gasteiger partial charge in [-0.25, -0.2) is 0 Å². The van der Waals surface area contributed by atoms with Crippen molar-refractivity contribution in [3.8, 4) is 0 Å². The Labute approximate surface area is 100 Å². The summed E-state index contributed by atoms with van der Waals surface area (Å²) in [5, 5.41) is 0. The van der Waals surface area contributed by atoms with Crippen LogP contribution in [0.4, 0.5) is 0 Å². The van der Waals surface area contributed by atoms with Crippen molar-refractivity contribution in [2.75, 3.05) is 6.54 Å². The molecule has 1 aliphatic heterocycles. The van der Waals surface area contributed by atoms with Crippen molar-refractivity contribution in [2.45, 2.75) is 59.4 Å². The Kier molecular flexibility index (Phi) is 3.41. The first-order chi connectivity index (χ1) is 7.59. The molecule has 2 aliphatic rings. The molecule has 0 bridgehead atoms. The van der Waals surface area contributed by atoms with Gasteiger partial charge in [0.1, 0.15) is 0 Å². The Hall–Kier alpha value is -0.720. The molecule has 0 aromatic heterocycles. The summed E-state index contributed by atoms with van der Waals surface area (Å²) in [6, 6.07) is 0.646. The zero-order valence-electron chi connectivity index (χ0n) is 11.2. The van der Waals surface area contributed by atoms with Gasteiger partial charge in [0.15, 0.2) is 0 Å². The first-order valence-corrected chi connectivity index (χ1v) is 6.78. The molecule has 0 spiro atoms. The van der Waals surface area contributed by atoms with E-state index < -0.39 is 0 Å². The minimum atomic E-state index is 0.646. The monoisotopic (exact) mass is 219 g/mol. The zero-order chi connectivity index (χ0) is 11.7. The summed E-state index contributed by atoms with van der Waals surface area (Å²) in [4.78, 5) is 2.60. The van der Waals surface area contributed by atoms with E-state index in [4.69, 9.17) is 0 Å². The third kappa shape index (κ3) is 2.18. The van der Waals surface area contributed by atoms with E-state index in [1.165, 1.54) is 32.2 Å². The van der Waals surface area contributed by atoms with Gasteiger partial charge in [-0.15, -0.1) is 0 Å². The Morgan fingerprint density at radius 1 is 1.06 bits per heavy atom. The lowest BCUT2D eigenvalue weighted by Gasteiger charge is -2.38.